The monoisotopic (exact) mass is 1710 g/mol. The molecule has 26 aromatic rings. The highest BCUT2D eigenvalue weighted by Gasteiger charge is 2.26. The van der Waals surface area contributed by atoms with Crippen LogP contribution in [0.25, 0.3) is 175 Å². The predicted molar refractivity (Wildman–Crippen MR) is 568 cm³/mol. The second-order valence-electron chi connectivity index (χ2n) is 34.4. The Bertz CT molecular complexity index is 8840. The van der Waals surface area contributed by atoms with E-state index >= 15 is 0 Å². The molecule has 628 valence electrons. The normalized spacial score (nSPS) is 11.6. The standard InChI is InChI=1S/2C64H42N2O/c1-3-16-45(17-4-1)66(46-18-5-2-6-19-46)62-41-40-50(52-20-11-12-25-58(52)62)43-30-34-47(35-31-43)65(49-38-39-57-55-23-8-7-21-53(55)54-22-9-10-24-56(54)61(57)42-49)48-36-32-44(33-37-48)51-27-15-28-60-59-26-13-14-29-63(59)67-64(51)60;1-3-16-45(17-4-1)65(46-18-5-2-6-19-46)47-34-30-43(31-35-47)44-32-36-48(37-33-44)66(49-38-39-56-52-22-8-7-20-50(52)51-21-9-10-24-54(51)61(56)42-49)62-41-40-55(53-23-11-12-25-57(53)62)59-27-15-28-60-58-26-13-14-29-63(58)67-64(59)60/h2*1-42H. The molecule has 0 unspecified atom stereocenters. The fourth-order valence-electron chi connectivity index (χ4n) is 20.7. The van der Waals surface area contributed by atoms with Gasteiger partial charge in [0.05, 0.1) is 11.4 Å². The SMILES string of the molecule is c1ccc(N(c2ccccc2)c2ccc(-c3ccc(N(c4ccc(-c5cccc6c5oc5ccccc56)cc4)c4ccc5c6ccccc6c6ccccc6c5c4)cc3)c3ccccc23)cc1.c1ccc(N(c2ccccc2)c2ccc(-c3ccc(N(c4ccc5c6ccccc6c6ccccc6c5c4)c4ccc(-c5cccc6c5oc5ccccc56)c5ccccc45)cc3)cc2)cc1. The minimum atomic E-state index is 0.898. The molecule has 26 rings (SSSR count). The number of benzene rings is 24. The van der Waals surface area contributed by atoms with Gasteiger partial charge in [0.15, 0.2) is 0 Å². The second kappa shape index (κ2) is 33.3. The molecule has 6 heteroatoms. The molecule has 2 heterocycles. The number of rotatable bonds is 16. The number of para-hydroxylation sites is 8. The first-order chi connectivity index (χ1) is 66.5. The van der Waals surface area contributed by atoms with Crippen LogP contribution in [0.3, 0.4) is 0 Å². The lowest BCUT2D eigenvalue weighted by molar-refractivity contribution is 0.669. The lowest BCUT2D eigenvalue weighted by Gasteiger charge is -2.28. The van der Waals surface area contributed by atoms with Gasteiger partial charge in [0.25, 0.3) is 0 Å². The molecule has 0 fully saturated rings. The van der Waals surface area contributed by atoms with Crippen molar-refractivity contribution in [3.8, 4) is 44.5 Å². The summed E-state index contributed by atoms with van der Waals surface area (Å²) in [6.45, 7) is 0. The van der Waals surface area contributed by atoms with Gasteiger partial charge in [-0.2, -0.15) is 0 Å². The number of hydrogen-bond donors (Lipinski definition) is 0. The van der Waals surface area contributed by atoms with Crippen LogP contribution in [0.2, 0.25) is 0 Å². The highest BCUT2D eigenvalue weighted by Crippen LogP contribution is 2.51. The van der Waals surface area contributed by atoms with Crippen molar-refractivity contribution in [3.63, 3.8) is 0 Å². The van der Waals surface area contributed by atoms with E-state index in [2.05, 4.69) is 511 Å². The van der Waals surface area contributed by atoms with Crippen LogP contribution in [0.4, 0.5) is 68.2 Å². The number of furan rings is 2. The van der Waals surface area contributed by atoms with E-state index in [9.17, 15) is 0 Å². The Morgan fingerprint density at radius 1 is 0.119 bits per heavy atom. The first kappa shape index (κ1) is 78.4. The molecule has 0 bridgehead atoms. The summed E-state index contributed by atoms with van der Waals surface area (Å²) in [7, 11) is 0. The minimum Gasteiger partial charge on any atom is -0.455 e. The fourth-order valence-corrected chi connectivity index (χ4v) is 20.7. The Hall–Kier alpha value is -17.8. The van der Waals surface area contributed by atoms with Crippen molar-refractivity contribution in [2.24, 2.45) is 0 Å². The molecule has 134 heavy (non-hydrogen) atoms. The van der Waals surface area contributed by atoms with Crippen LogP contribution in [0, 0.1) is 0 Å². The van der Waals surface area contributed by atoms with Gasteiger partial charge in [-0.25, -0.2) is 0 Å². The molecule has 0 aliphatic rings. The summed E-state index contributed by atoms with van der Waals surface area (Å²) in [5, 5.41) is 24.2. The predicted octanol–water partition coefficient (Wildman–Crippen LogP) is 36.9. The zero-order valence-corrected chi connectivity index (χ0v) is 73.1. The molecule has 6 nitrogen and oxygen atoms in total. The third-order valence-electron chi connectivity index (χ3n) is 26.9. The van der Waals surface area contributed by atoms with Gasteiger partial charge < -0.3 is 28.4 Å². The van der Waals surface area contributed by atoms with Gasteiger partial charge in [-0.3, -0.25) is 0 Å². The van der Waals surface area contributed by atoms with E-state index in [1.165, 1.54) is 81.0 Å². The molecule has 24 aromatic carbocycles. The smallest absolute Gasteiger partial charge is 0.143 e. The maximum atomic E-state index is 6.60. The molecule has 0 aliphatic heterocycles. The van der Waals surface area contributed by atoms with Gasteiger partial charge in [-0.05, 0) is 254 Å². The van der Waals surface area contributed by atoms with Gasteiger partial charge >= 0.3 is 0 Å². The topological polar surface area (TPSA) is 39.2 Å². The molecule has 0 amide bonds. The van der Waals surface area contributed by atoms with Gasteiger partial charge in [0.2, 0.25) is 0 Å². The zero-order chi connectivity index (χ0) is 88.5. The zero-order valence-electron chi connectivity index (χ0n) is 73.1. The first-order valence-corrected chi connectivity index (χ1v) is 45.8. The van der Waals surface area contributed by atoms with Gasteiger partial charge in [-0.1, -0.05) is 364 Å². The van der Waals surface area contributed by atoms with E-state index in [0.717, 1.165) is 162 Å². The Labute approximate surface area is 775 Å². The molecular formula is C128H84N4O2. The molecule has 0 saturated heterocycles. The van der Waals surface area contributed by atoms with Crippen LogP contribution in [0.5, 0.6) is 0 Å². The maximum Gasteiger partial charge on any atom is 0.143 e. The molecule has 0 N–H and O–H groups in total. The van der Waals surface area contributed by atoms with Gasteiger partial charge in [-0.15, -0.1) is 0 Å². The number of anilines is 12. The quantitative estimate of drug-likeness (QED) is 0.0898. The average Bonchev–Trinajstić information content (AvgIpc) is 1.05. The van der Waals surface area contributed by atoms with E-state index < -0.39 is 0 Å². The van der Waals surface area contributed by atoms with Crippen LogP contribution >= 0.6 is 0 Å². The summed E-state index contributed by atoms with van der Waals surface area (Å²) in [6.07, 6.45) is 0. The summed E-state index contributed by atoms with van der Waals surface area (Å²) in [5.41, 5.74) is 25.8. The molecule has 0 atom stereocenters. The van der Waals surface area contributed by atoms with Crippen molar-refractivity contribution in [2.45, 2.75) is 0 Å². The van der Waals surface area contributed by atoms with Crippen LogP contribution in [-0.4, -0.2) is 0 Å². The first-order valence-electron chi connectivity index (χ1n) is 45.8. The molecule has 0 spiro atoms. The Morgan fingerprint density at radius 3 is 0.769 bits per heavy atom. The third-order valence-corrected chi connectivity index (χ3v) is 26.9. The van der Waals surface area contributed by atoms with E-state index in [1.54, 1.807) is 0 Å². The Balaban J connectivity index is 0.000000143. The van der Waals surface area contributed by atoms with Crippen LogP contribution in [0.1, 0.15) is 0 Å². The van der Waals surface area contributed by atoms with Crippen molar-refractivity contribution < 1.29 is 8.83 Å². The third kappa shape index (κ3) is 13.7. The van der Waals surface area contributed by atoms with Crippen molar-refractivity contribution >= 4 is 198 Å². The van der Waals surface area contributed by atoms with E-state index in [-0.39, 0.29) is 0 Å². The molecular weight excluding hydrogens is 1630 g/mol. The largest absolute Gasteiger partial charge is 0.455 e. The Kier molecular flexibility index (Phi) is 19.5. The lowest BCUT2D eigenvalue weighted by atomic mass is 9.93. The van der Waals surface area contributed by atoms with Crippen molar-refractivity contribution in [1.82, 2.24) is 0 Å². The number of fused-ring (bicyclic) bond motifs is 20. The Morgan fingerprint density at radius 2 is 0.366 bits per heavy atom. The van der Waals surface area contributed by atoms with E-state index in [1.807, 2.05) is 18.2 Å². The molecule has 2 aromatic heterocycles. The van der Waals surface area contributed by atoms with Gasteiger partial charge in [0, 0.05) is 100 Å². The molecule has 0 aliphatic carbocycles. The fraction of sp³-hybridized carbons (Fsp3) is 0. The van der Waals surface area contributed by atoms with Crippen molar-refractivity contribution in [3.05, 3.63) is 510 Å². The van der Waals surface area contributed by atoms with Crippen LogP contribution < -0.4 is 19.6 Å². The summed E-state index contributed by atoms with van der Waals surface area (Å²) >= 11 is 0. The minimum absolute atomic E-state index is 0.898. The number of nitrogens with zero attached hydrogens (tertiary/aromatic N) is 4. The van der Waals surface area contributed by atoms with Crippen LogP contribution in [-0.2, 0) is 0 Å². The summed E-state index contributed by atoms with van der Waals surface area (Å²) in [4.78, 5) is 9.47. The highest BCUT2D eigenvalue weighted by molar-refractivity contribution is 6.28. The number of hydrogen-bond acceptors (Lipinski definition) is 6. The lowest BCUT2D eigenvalue weighted by Crippen LogP contribution is -2.11. The average molecular weight is 1710 g/mol. The summed E-state index contributed by atoms with van der Waals surface area (Å²) < 4.78 is 13.1. The maximum absolute atomic E-state index is 6.60. The molecule has 0 saturated carbocycles. The van der Waals surface area contributed by atoms with Crippen molar-refractivity contribution in [1.29, 1.82) is 0 Å². The van der Waals surface area contributed by atoms with Crippen molar-refractivity contribution in [2.75, 3.05) is 19.6 Å². The van der Waals surface area contributed by atoms with E-state index in [4.69, 9.17) is 8.83 Å². The highest BCUT2D eigenvalue weighted by atomic mass is 16.3. The van der Waals surface area contributed by atoms with Gasteiger partial charge in [0.1, 0.15) is 22.3 Å². The molecule has 0 radical (unpaired) electrons. The van der Waals surface area contributed by atoms with E-state index in [0.29, 0.717) is 0 Å². The second-order valence-corrected chi connectivity index (χ2v) is 34.4. The summed E-state index contributed by atoms with van der Waals surface area (Å²) in [5.74, 6) is 0. The summed E-state index contributed by atoms with van der Waals surface area (Å²) in [6, 6.07) is 184. The van der Waals surface area contributed by atoms with Crippen LogP contribution in [0.15, 0.2) is 518 Å².